The fraction of sp³-hybridized carbons (Fsp3) is 0.500. The van der Waals surface area contributed by atoms with E-state index in [9.17, 15) is 0 Å². The molecule has 2 heteroatoms. The van der Waals surface area contributed by atoms with Crippen LogP contribution < -0.4 is 0 Å². The molecule has 0 aromatic rings. The van der Waals surface area contributed by atoms with Crippen molar-refractivity contribution in [2.75, 3.05) is 0 Å². The van der Waals surface area contributed by atoms with E-state index in [2.05, 4.69) is 13.8 Å². The minimum atomic E-state index is 0. The second-order valence-corrected chi connectivity index (χ2v) is 1.11. The summed E-state index contributed by atoms with van der Waals surface area (Å²) in [7, 11) is 0. The molecule has 0 rings (SSSR count). The van der Waals surface area contributed by atoms with E-state index in [-0.39, 0.29) is 65.4 Å². The fourth-order valence-electron chi connectivity index (χ4n) is 0. The van der Waals surface area contributed by atoms with Crippen molar-refractivity contribution in [3.8, 4) is 0 Å². The smallest absolute Gasteiger partial charge is 0 e. The van der Waals surface area contributed by atoms with E-state index >= 15 is 0 Å². The van der Waals surface area contributed by atoms with Crippen LogP contribution in [0.5, 0.6) is 0 Å². The Morgan fingerprint density at radius 2 is 1.17 bits per heavy atom. The van der Waals surface area contributed by atoms with Gasteiger partial charge in [0.25, 0.3) is 0 Å². The van der Waals surface area contributed by atoms with Gasteiger partial charge in [-0.25, -0.2) is 0 Å². The van der Waals surface area contributed by atoms with Crippen LogP contribution in [0.25, 0.3) is 0 Å². The molecule has 0 heterocycles. The second-order valence-electron chi connectivity index (χ2n) is 1.11. The van der Waals surface area contributed by atoms with Crippen LogP contribution in [0.4, 0.5) is 0 Å². The normalized spacial score (nSPS) is 6.00. The molecule has 0 aliphatic heterocycles. The van der Waals surface area contributed by atoms with Gasteiger partial charge in [0.1, 0.15) is 0 Å². The van der Waals surface area contributed by atoms with Crippen molar-refractivity contribution in [2.24, 2.45) is 5.92 Å². The van der Waals surface area contributed by atoms with Gasteiger partial charge in [-0.15, -0.1) is 6.92 Å². The number of hydrogen-bond acceptors (Lipinski definition) is 0. The molecule has 2 radical (unpaired) electrons. The molecule has 0 saturated carbocycles. The maximum Gasteiger partial charge on any atom is 0 e. The van der Waals surface area contributed by atoms with Crippen molar-refractivity contribution < 1.29 is 65.4 Å². The Kier molecular flexibility index (Phi) is 26.8. The quantitative estimate of drug-likeness (QED) is 0.554. The summed E-state index contributed by atoms with van der Waals surface area (Å²) in [6, 6.07) is 0. The molecule has 0 N–H and O–H groups in total. The van der Waals surface area contributed by atoms with Gasteiger partial charge in [-0.05, 0) is 0 Å². The molecular weight excluding hydrogens is 226 g/mol. The summed E-state index contributed by atoms with van der Waals surface area (Å²) in [5, 5.41) is 0. The average molecular weight is 234 g/mol. The molecule has 0 fully saturated rings. The Bertz CT molecular complexity index is 10.3. The van der Waals surface area contributed by atoms with Crippen molar-refractivity contribution in [2.45, 2.75) is 6.92 Å². The van der Waals surface area contributed by atoms with E-state index in [1.54, 1.807) is 0 Å². The van der Waals surface area contributed by atoms with Gasteiger partial charge in [0.2, 0.25) is 0 Å². The minimum absolute atomic E-state index is 0. The molecule has 0 aromatic carbocycles. The van der Waals surface area contributed by atoms with Crippen LogP contribution >= 0.6 is 0 Å². The average Bonchev–Trinajstić information content (AvgIpc) is 0.811. The Balaban J connectivity index is -0.0000000450. The van der Waals surface area contributed by atoms with Crippen molar-refractivity contribution in [3.05, 3.63) is 13.8 Å². The van der Waals surface area contributed by atoms with Crippen LogP contribution in [0.15, 0.2) is 0 Å². The van der Waals surface area contributed by atoms with Gasteiger partial charge in [0.05, 0.1) is 0 Å². The zero-order valence-electron chi connectivity index (χ0n) is 4.15. The fourth-order valence-corrected chi connectivity index (χ4v) is 0. The topological polar surface area (TPSA) is 0 Å². The largest absolute Gasteiger partial charge is 0.370 e. The van der Waals surface area contributed by atoms with Gasteiger partial charge < -0.3 is 19.8 Å². The van der Waals surface area contributed by atoms with E-state index < -0.39 is 0 Å². The van der Waals surface area contributed by atoms with E-state index in [4.69, 9.17) is 0 Å². The van der Waals surface area contributed by atoms with Crippen LogP contribution in [-0.4, -0.2) is 0 Å². The monoisotopic (exact) mass is 234 g/mol. The summed E-state index contributed by atoms with van der Waals surface area (Å²) in [5.74, 6) is 0.333. The summed E-state index contributed by atoms with van der Waals surface area (Å²) < 4.78 is 0. The third-order valence-electron chi connectivity index (χ3n) is 0. The zero-order chi connectivity index (χ0) is 3.58. The third-order valence-corrected chi connectivity index (χ3v) is 0. The molecule has 0 amide bonds. The predicted molar refractivity (Wildman–Crippen MR) is 19.9 cm³/mol. The predicted octanol–water partition coefficient (Wildman–Crippen LogP) is 1.29. The van der Waals surface area contributed by atoms with Crippen LogP contribution in [0.2, 0.25) is 0 Å². The van der Waals surface area contributed by atoms with Crippen molar-refractivity contribution in [1.82, 2.24) is 0 Å². The van der Waals surface area contributed by atoms with E-state index in [0.717, 1.165) is 0 Å². The van der Waals surface area contributed by atoms with Crippen LogP contribution in [0, 0.1) is 19.8 Å². The molecule has 0 nitrogen and oxygen atoms in total. The first-order valence-electron chi connectivity index (χ1n) is 1.39. The standard InChI is InChI=1S/C4H8.2Y/c1-4(2)3;;/h4H,1-2H2,3H3;;/q-2;;. The molecule has 0 bridgehead atoms. The zero-order valence-corrected chi connectivity index (χ0v) is 9.82. The van der Waals surface area contributed by atoms with E-state index in [0.29, 0.717) is 5.92 Å². The van der Waals surface area contributed by atoms with E-state index in [1.165, 1.54) is 0 Å². The molecule has 0 aromatic heterocycles. The molecule has 0 atom stereocenters. The first-order chi connectivity index (χ1) is 1.73. The van der Waals surface area contributed by atoms with Crippen LogP contribution in [-0.2, 0) is 65.4 Å². The number of hydrogen-bond donors (Lipinski definition) is 0. The van der Waals surface area contributed by atoms with Gasteiger partial charge in [-0.2, -0.15) is 0 Å². The maximum absolute atomic E-state index is 3.53. The van der Waals surface area contributed by atoms with E-state index in [1.807, 2.05) is 6.92 Å². The molecule has 0 spiro atoms. The van der Waals surface area contributed by atoms with Gasteiger partial charge in [0, 0.05) is 65.4 Å². The second kappa shape index (κ2) is 10.2. The minimum Gasteiger partial charge on any atom is -0.370 e. The molecule has 6 heavy (non-hydrogen) atoms. The van der Waals surface area contributed by atoms with Crippen molar-refractivity contribution >= 4 is 0 Å². The maximum atomic E-state index is 3.53. The SMILES string of the molecule is [CH2-]C([CH2-])C.[Y].[Y]. The Hall–Kier alpha value is 2.21. The van der Waals surface area contributed by atoms with Crippen molar-refractivity contribution in [3.63, 3.8) is 0 Å². The molecule has 0 aliphatic carbocycles. The first kappa shape index (κ1) is 15.7. The van der Waals surface area contributed by atoms with Gasteiger partial charge >= 0.3 is 0 Å². The number of rotatable bonds is 0. The Morgan fingerprint density at radius 3 is 1.17 bits per heavy atom. The van der Waals surface area contributed by atoms with Gasteiger partial charge in [-0.3, -0.25) is 0 Å². The Labute approximate surface area is 90.6 Å². The molecule has 0 unspecified atom stereocenters. The van der Waals surface area contributed by atoms with Crippen LogP contribution in [0.3, 0.4) is 0 Å². The molecular formula is C4H8Y2-2. The summed E-state index contributed by atoms with van der Waals surface area (Å²) in [6.45, 7) is 9.00. The summed E-state index contributed by atoms with van der Waals surface area (Å²) >= 11 is 0. The molecule has 32 valence electrons. The molecule has 0 aliphatic rings. The summed E-state index contributed by atoms with van der Waals surface area (Å²) in [5.41, 5.74) is 0. The van der Waals surface area contributed by atoms with Crippen LogP contribution in [0.1, 0.15) is 6.92 Å². The summed E-state index contributed by atoms with van der Waals surface area (Å²) in [6.07, 6.45) is 0. The van der Waals surface area contributed by atoms with Crippen molar-refractivity contribution in [1.29, 1.82) is 0 Å². The summed E-state index contributed by atoms with van der Waals surface area (Å²) in [4.78, 5) is 0. The van der Waals surface area contributed by atoms with Gasteiger partial charge in [0.15, 0.2) is 0 Å². The third kappa shape index (κ3) is 34.5. The van der Waals surface area contributed by atoms with Gasteiger partial charge in [-0.1, -0.05) is 0 Å². The Morgan fingerprint density at radius 1 is 1.17 bits per heavy atom. The molecule has 0 saturated heterocycles. The first-order valence-corrected chi connectivity index (χ1v) is 1.39.